The Labute approximate surface area is 124 Å². The molecule has 2 rings (SSSR count). The first-order valence-electron chi connectivity index (χ1n) is 7.16. The first kappa shape index (κ1) is 15.9. The molecule has 0 radical (unpaired) electrons. The van der Waals surface area contributed by atoms with E-state index < -0.39 is 0 Å². The number of halogens is 1. The molecule has 6 heteroatoms. The van der Waals surface area contributed by atoms with Gasteiger partial charge in [-0.1, -0.05) is 0 Å². The zero-order valence-electron chi connectivity index (χ0n) is 12.6. The molecule has 1 aromatic carbocycles. The number of phenolic OH excluding ortho intramolecular Hbond substituents is 1. The van der Waals surface area contributed by atoms with Crippen molar-refractivity contribution in [1.82, 2.24) is 10.2 Å². The molecule has 1 saturated heterocycles. The van der Waals surface area contributed by atoms with Crippen molar-refractivity contribution in [2.45, 2.75) is 12.5 Å². The first-order chi connectivity index (χ1) is 10.2. The summed E-state index contributed by atoms with van der Waals surface area (Å²) in [5, 5.41) is 13.3. The van der Waals surface area contributed by atoms with Crippen LogP contribution in [-0.4, -0.2) is 57.1 Å². The molecule has 0 aliphatic carbocycles. The lowest BCUT2D eigenvalue weighted by Gasteiger charge is -2.35. The lowest BCUT2D eigenvalue weighted by Crippen LogP contribution is -2.45. The van der Waals surface area contributed by atoms with E-state index in [4.69, 9.17) is 9.47 Å². The van der Waals surface area contributed by atoms with Gasteiger partial charge in [0.2, 0.25) is 5.75 Å². The molecule has 1 aromatic rings. The minimum atomic E-state index is -0.389. The van der Waals surface area contributed by atoms with E-state index in [2.05, 4.69) is 10.2 Å². The second-order valence-corrected chi connectivity index (χ2v) is 5.05. The molecule has 0 aromatic heterocycles. The molecule has 1 aliphatic rings. The van der Waals surface area contributed by atoms with Crippen molar-refractivity contribution in [1.29, 1.82) is 0 Å². The van der Waals surface area contributed by atoms with Crippen LogP contribution in [0.2, 0.25) is 0 Å². The molecule has 0 amide bonds. The monoisotopic (exact) mass is 298 g/mol. The Bertz CT molecular complexity index is 439. The van der Waals surface area contributed by atoms with Gasteiger partial charge in [-0.3, -0.25) is 9.29 Å². The van der Waals surface area contributed by atoms with Crippen molar-refractivity contribution in [2.24, 2.45) is 0 Å². The van der Waals surface area contributed by atoms with Crippen LogP contribution in [0.3, 0.4) is 0 Å². The third-order valence-electron chi connectivity index (χ3n) is 3.86. The zero-order chi connectivity index (χ0) is 15.2. The summed E-state index contributed by atoms with van der Waals surface area (Å²) in [5.41, 5.74) is 0.904. The van der Waals surface area contributed by atoms with Crippen LogP contribution in [0.5, 0.6) is 17.2 Å². The fourth-order valence-corrected chi connectivity index (χ4v) is 2.76. The van der Waals surface area contributed by atoms with Crippen LogP contribution < -0.4 is 14.8 Å². The van der Waals surface area contributed by atoms with Crippen molar-refractivity contribution in [2.75, 3.05) is 47.1 Å². The Hall–Kier alpha value is -1.53. The molecule has 1 heterocycles. The van der Waals surface area contributed by atoms with Gasteiger partial charge in [0.15, 0.2) is 11.5 Å². The maximum absolute atomic E-state index is 13.0. The van der Waals surface area contributed by atoms with Gasteiger partial charge in [-0.25, -0.2) is 0 Å². The lowest BCUT2D eigenvalue weighted by molar-refractivity contribution is 0.157. The fourth-order valence-electron chi connectivity index (χ4n) is 2.76. The number of aromatic hydroxyl groups is 1. The Morgan fingerprint density at radius 3 is 2.29 bits per heavy atom. The summed E-state index contributed by atoms with van der Waals surface area (Å²) >= 11 is 0. The van der Waals surface area contributed by atoms with Gasteiger partial charge in [0.05, 0.1) is 20.9 Å². The summed E-state index contributed by atoms with van der Waals surface area (Å²) in [5.74, 6) is 0.676. The third-order valence-corrected chi connectivity index (χ3v) is 3.86. The van der Waals surface area contributed by atoms with Gasteiger partial charge in [0.25, 0.3) is 0 Å². The minimum absolute atomic E-state index is 0.0249. The number of rotatable bonds is 6. The normalized spacial score (nSPS) is 17.5. The molecular weight excluding hydrogens is 275 g/mol. The highest BCUT2D eigenvalue weighted by Gasteiger charge is 2.24. The van der Waals surface area contributed by atoms with Gasteiger partial charge in [-0.2, -0.15) is 0 Å². The average Bonchev–Trinajstić information content (AvgIpc) is 2.54. The van der Waals surface area contributed by atoms with Crippen molar-refractivity contribution >= 4 is 0 Å². The predicted octanol–water partition coefficient (Wildman–Crippen LogP) is 1.72. The van der Waals surface area contributed by atoms with E-state index >= 15 is 0 Å². The van der Waals surface area contributed by atoms with Crippen molar-refractivity contribution in [3.63, 3.8) is 0 Å². The van der Waals surface area contributed by atoms with Gasteiger partial charge in [0, 0.05) is 32.2 Å². The molecule has 2 N–H and O–H groups in total. The zero-order valence-corrected chi connectivity index (χ0v) is 12.6. The Morgan fingerprint density at radius 1 is 1.24 bits per heavy atom. The summed E-state index contributed by atoms with van der Waals surface area (Å²) in [4.78, 5) is 2.25. The fraction of sp³-hybridized carbons (Fsp3) is 0.600. The average molecular weight is 298 g/mol. The second-order valence-electron chi connectivity index (χ2n) is 5.05. The van der Waals surface area contributed by atoms with Crippen LogP contribution in [-0.2, 0) is 0 Å². The SMILES string of the molecule is COc1cc([C@H](CCF)N2CCNCC2)cc(OC)c1O. The highest BCUT2D eigenvalue weighted by atomic mass is 19.1. The van der Waals surface area contributed by atoms with Gasteiger partial charge >= 0.3 is 0 Å². The molecule has 21 heavy (non-hydrogen) atoms. The van der Waals surface area contributed by atoms with Crippen LogP contribution in [0.4, 0.5) is 4.39 Å². The molecule has 0 saturated carbocycles. The maximum atomic E-state index is 13.0. The van der Waals surface area contributed by atoms with E-state index in [1.54, 1.807) is 12.1 Å². The topological polar surface area (TPSA) is 54.0 Å². The molecule has 0 unspecified atom stereocenters. The number of ether oxygens (including phenoxy) is 2. The summed E-state index contributed by atoms with van der Waals surface area (Å²) < 4.78 is 23.4. The number of piperazine rings is 1. The van der Waals surface area contributed by atoms with Crippen LogP contribution in [0, 0.1) is 0 Å². The predicted molar refractivity (Wildman–Crippen MR) is 79.0 cm³/mol. The van der Waals surface area contributed by atoms with Crippen LogP contribution in [0.25, 0.3) is 0 Å². The molecule has 1 aliphatic heterocycles. The van der Waals surface area contributed by atoms with Gasteiger partial charge in [-0.15, -0.1) is 0 Å². The van der Waals surface area contributed by atoms with Gasteiger partial charge in [-0.05, 0) is 24.1 Å². The third kappa shape index (κ3) is 3.57. The summed E-state index contributed by atoms with van der Waals surface area (Å²) in [6.45, 7) is 3.15. The Kier molecular flexibility index (Phi) is 5.64. The number of nitrogens with one attached hydrogen (secondary N) is 1. The highest BCUT2D eigenvalue weighted by Crippen LogP contribution is 2.40. The molecule has 0 spiro atoms. The minimum Gasteiger partial charge on any atom is -0.502 e. The molecular formula is C15H23FN2O3. The molecule has 1 atom stereocenters. The number of hydrogen-bond donors (Lipinski definition) is 2. The van der Waals surface area contributed by atoms with Crippen molar-refractivity contribution in [3.05, 3.63) is 17.7 Å². The quantitative estimate of drug-likeness (QED) is 0.837. The smallest absolute Gasteiger partial charge is 0.200 e. The summed E-state index contributed by atoms with van der Waals surface area (Å²) in [6.07, 6.45) is 0.414. The number of benzene rings is 1. The van der Waals surface area contributed by atoms with E-state index in [1.165, 1.54) is 14.2 Å². The largest absolute Gasteiger partial charge is 0.502 e. The first-order valence-corrected chi connectivity index (χ1v) is 7.16. The van der Waals surface area contributed by atoms with Crippen molar-refractivity contribution < 1.29 is 19.0 Å². The van der Waals surface area contributed by atoms with Crippen LogP contribution >= 0.6 is 0 Å². The van der Waals surface area contributed by atoms with Crippen molar-refractivity contribution in [3.8, 4) is 17.2 Å². The maximum Gasteiger partial charge on any atom is 0.200 e. The summed E-state index contributed by atoms with van der Waals surface area (Å²) in [6, 6.07) is 3.49. The van der Waals surface area contributed by atoms with E-state index in [9.17, 15) is 9.50 Å². The van der Waals surface area contributed by atoms with E-state index in [0.717, 1.165) is 31.7 Å². The summed E-state index contributed by atoms with van der Waals surface area (Å²) in [7, 11) is 2.99. The standard InChI is InChI=1S/C15H23FN2O3/c1-20-13-9-11(10-14(21-2)15(13)19)12(3-4-16)18-7-5-17-6-8-18/h9-10,12,17,19H,3-8H2,1-2H3/t12-/m0/s1. The Balaban J connectivity index is 2.34. The molecule has 1 fully saturated rings. The number of alkyl halides is 1. The van der Waals surface area contributed by atoms with E-state index in [0.29, 0.717) is 17.9 Å². The Morgan fingerprint density at radius 2 is 1.81 bits per heavy atom. The molecule has 5 nitrogen and oxygen atoms in total. The second kappa shape index (κ2) is 7.47. The number of methoxy groups -OCH3 is 2. The van der Waals surface area contributed by atoms with E-state index in [1.807, 2.05) is 0 Å². The van der Waals surface area contributed by atoms with Gasteiger partial charge in [0.1, 0.15) is 0 Å². The number of hydrogen-bond acceptors (Lipinski definition) is 5. The number of nitrogens with zero attached hydrogens (tertiary/aromatic N) is 1. The lowest BCUT2D eigenvalue weighted by atomic mass is 10.0. The number of phenols is 1. The molecule has 118 valence electrons. The highest BCUT2D eigenvalue weighted by molar-refractivity contribution is 5.53. The van der Waals surface area contributed by atoms with E-state index in [-0.39, 0.29) is 18.5 Å². The van der Waals surface area contributed by atoms with Crippen LogP contribution in [0.1, 0.15) is 18.0 Å². The molecule has 0 bridgehead atoms. The van der Waals surface area contributed by atoms with Gasteiger partial charge < -0.3 is 19.9 Å². The van der Waals surface area contributed by atoms with Crippen LogP contribution in [0.15, 0.2) is 12.1 Å².